The van der Waals surface area contributed by atoms with E-state index in [1.54, 1.807) is 10.5 Å². The van der Waals surface area contributed by atoms with Crippen molar-refractivity contribution in [2.24, 2.45) is 0 Å². The van der Waals surface area contributed by atoms with Gasteiger partial charge in [-0.05, 0) is 38.0 Å². The summed E-state index contributed by atoms with van der Waals surface area (Å²) in [5, 5.41) is 3.95. The van der Waals surface area contributed by atoms with Crippen LogP contribution in [-0.2, 0) is 0 Å². The van der Waals surface area contributed by atoms with Crippen LogP contribution in [-0.4, -0.2) is 15.8 Å². The lowest BCUT2D eigenvalue weighted by Crippen LogP contribution is -1.84. The van der Waals surface area contributed by atoms with Crippen LogP contribution in [0.25, 0.3) is 0 Å². The smallest absolute Gasteiger partial charge is 0.170 e. The topological polar surface area (TPSA) is 34.9 Å². The van der Waals surface area contributed by atoms with Gasteiger partial charge in [0.15, 0.2) is 6.29 Å². The Morgan fingerprint density at radius 1 is 1.90 bits per heavy atom. The molecule has 0 aliphatic rings. The molecule has 1 atom stereocenters. The van der Waals surface area contributed by atoms with Crippen molar-refractivity contribution >= 4 is 50.6 Å². The molecule has 1 aromatic rings. The van der Waals surface area contributed by atoms with Gasteiger partial charge in [-0.15, -0.1) is 0 Å². The van der Waals surface area contributed by atoms with Gasteiger partial charge in [-0.3, -0.25) is 4.79 Å². The number of carbonyl (C=O) groups is 1. The average molecular weight is 333 g/mol. The number of hydrogen-bond acceptors (Lipinski definition) is 2. The quantitative estimate of drug-likeness (QED) is 0.473. The molecule has 0 aromatic carbocycles. The van der Waals surface area contributed by atoms with Crippen molar-refractivity contribution in [2.75, 3.05) is 0 Å². The van der Waals surface area contributed by atoms with Crippen molar-refractivity contribution in [2.45, 2.75) is 0 Å². The second-order valence-electron chi connectivity index (χ2n) is 1.51. The van der Waals surface area contributed by atoms with E-state index < -0.39 is 0 Å². The van der Waals surface area contributed by atoms with Crippen LogP contribution in [0.1, 0.15) is 10.5 Å². The van der Waals surface area contributed by atoms with Crippen LogP contribution < -0.4 is 0 Å². The monoisotopic (exact) mass is 332 g/mol. The van der Waals surface area contributed by atoms with Crippen molar-refractivity contribution in [3.05, 3.63) is 16.4 Å². The Bertz CT molecular complexity index is 251. The summed E-state index contributed by atoms with van der Waals surface area (Å²) in [6, 6.07) is 1.69. The van der Waals surface area contributed by atoms with Crippen LogP contribution in [0.4, 0.5) is 0 Å². The van der Waals surface area contributed by atoms with E-state index in [4.69, 9.17) is 0 Å². The van der Waals surface area contributed by atoms with Gasteiger partial charge in [0.1, 0.15) is 10.3 Å². The first-order valence-electron chi connectivity index (χ1n) is 2.35. The maximum atomic E-state index is 10.2. The molecule has 0 amide bonds. The van der Waals surface area contributed by atoms with Gasteiger partial charge in [0.05, 0.1) is 6.37 Å². The highest BCUT2D eigenvalue weighted by Gasteiger charge is 2.01. The molecule has 3 nitrogen and oxygen atoms in total. The van der Waals surface area contributed by atoms with Gasteiger partial charge in [0.2, 0.25) is 0 Å². The fourth-order valence-corrected chi connectivity index (χ4v) is 3.47. The summed E-state index contributed by atoms with van der Waals surface area (Å²) >= 11 is 5.45. The molecule has 0 spiro atoms. The van der Waals surface area contributed by atoms with Crippen LogP contribution in [0.5, 0.6) is 0 Å². The standard InChI is InChI=1S/C4H3BrIN2OP/c5-4-1-3(2-9)7-8(4)10-6/h1-2,10H. The van der Waals surface area contributed by atoms with Crippen LogP contribution in [0.3, 0.4) is 0 Å². The molecule has 6 heteroatoms. The molecule has 1 rings (SSSR count). The highest BCUT2D eigenvalue weighted by atomic mass is 127. The fraction of sp³-hybridized carbons (Fsp3) is 0. The first kappa shape index (κ1) is 8.62. The predicted molar refractivity (Wildman–Crippen MR) is 53.0 cm³/mol. The lowest BCUT2D eigenvalue weighted by atomic mass is 10.5. The third-order valence-electron chi connectivity index (χ3n) is 0.886. The summed E-state index contributed by atoms with van der Waals surface area (Å²) in [6.07, 6.45) is 1.26. The number of carbonyl (C=O) groups excluding carboxylic acids is 1. The number of aldehydes is 1. The molecular formula is C4H3BrIN2OP. The van der Waals surface area contributed by atoms with Gasteiger partial charge < -0.3 is 0 Å². The van der Waals surface area contributed by atoms with Crippen LogP contribution in [0.15, 0.2) is 10.7 Å². The van der Waals surface area contributed by atoms with E-state index in [9.17, 15) is 4.79 Å². The molecule has 0 bridgehead atoms. The Hall–Kier alpha value is 0.520. The van der Waals surface area contributed by atoms with E-state index in [1.807, 2.05) is 0 Å². The van der Waals surface area contributed by atoms with Gasteiger partial charge in [-0.1, -0.05) is 0 Å². The molecule has 0 aliphatic heterocycles. The Labute approximate surface area is 81.0 Å². The first-order chi connectivity index (χ1) is 4.77. The number of nitrogens with zero attached hydrogens (tertiary/aromatic N) is 2. The normalized spacial score (nSPS) is 11.0. The number of rotatable bonds is 2. The molecule has 0 radical (unpaired) electrons. The van der Waals surface area contributed by atoms with E-state index in [0.29, 0.717) is 12.1 Å². The van der Waals surface area contributed by atoms with Crippen LogP contribution >= 0.6 is 44.3 Å². The number of aromatic nitrogens is 2. The predicted octanol–water partition coefficient (Wildman–Crippen LogP) is 2.25. The minimum Gasteiger partial charge on any atom is -0.296 e. The molecule has 10 heavy (non-hydrogen) atoms. The van der Waals surface area contributed by atoms with Gasteiger partial charge in [0.25, 0.3) is 0 Å². The summed E-state index contributed by atoms with van der Waals surface area (Å²) in [4.78, 5) is 10.2. The molecule has 0 saturated heterocycles. The summed E-state index contributed by atoms with van der Waals surface area (Å²) in [5.74, 6) is 0. The highest BCUT2D eigenvalue weighted by molar-refractivity contribution is 14.2. The first-order valence-corrected chi connectivity index (χ1v) is 7.20. The largest absolute Gasteiger partial charge is 0.296 e. The van der Waals surface area contributed by atoms with Gasteiger partial charge >= 0.3 is 0 Å². The Balaban J connectivity index is 3.03. The Morgan fingerprint density at radius 2 is 2.60 bits per heavy atom. The van der Waals surface area contributed by atoms with E-state index >= 15 is 0 Å². The van der Waals surface area contributed by atoms with Gasteiger partial charge in [0, 0.05) is 6.07 Å². The zero-order valence-electron chi connectivity index (χ0n) is 4.71. The minimum absolute atomic E-state index is 0.469. The third-order valence-corrected chi connectivity index (χ3v) is 3.65. The summed E-state index contributed by atoms with van der Waals surface area (Å²) in [5.41, 5.74) is 0.469. The average Bonchev–Trinajstić information content (AvgIpc) is 2.30. The number of hydrogen-bond donors (Lipinski definition) is 0. The molecule has 0 fully saturated rings. The minimum atomic E-state index is 0.469. The van der Waals surface area contributed by atoms with Crippen LogP contribution in [0, 0.1) is 0 Å². The molecule has 54 valence electrons. The molecule has 0 saturated carbocycles. The van der Waals surface area contributed by atoms with Crippen molar-refractivity contribution in [1.82, 2.24) is 9.55 Å². The molecule has 0 N–H and O–H groups in total. The van der Waals surface area contributed by atoms with Crippen LogP contribution in [0.2, 0.25) is 0 Å². The fourth-order valence-electron chi connectivity index (χ4n) is 0.492. The zero-order chi connectivity index (χ0) is 7.56. The number of halogens is 2. The van der Waals surface area contributed by atoms with Crippen molar-refractivity contribution in [1.29, 1.82) is 0 Å². The van der Waals surface area contributed by atoms with Crippen molar-refractivity contribution < 1.29 is 4.79 Å². The second kappa shape index (κ2) is 3.78. The summed E-state index contributed by atoms with van der Waals surface area (Å²) in [6.45, 7) is 0. The van der Waals surface area contributed by atoms with E-state index in [-0.39, 0.29) is 0 Å². The Morgan fingerprint density at radius 3 is 2.90 bits per heavy atom. The van der Waals surface area contributed by atoms with E-state index in [0.717, 1.165) is 10.9 Å². The third kappa shape index (κ3) is 1.77. The Kier molecular flexibility index (Phi) is 3.26. The van der Waals surface area contributed by atoms with E-state index in [1.165, 1.54) is 0 Å². The van der Waals surface area contributed by atoms with E-state index in [2.05, 4.69) is 43.1 Å². The van der Waals surface area contributed by atoms with Crippen molar-refractivity contribution in [3.8, 4) is 0 Å². The van der Waals surface area contributed by atoms with Crippen molar-refractivity contribution in [3.63, 3.8) is 0 Å². The molecule has 0 aliphatic carbocycles. The SMILES string of the molecule is O=Cc1cc(Br)n(PI)n1. The van der Waals surface area contributed by atoms with Gasteiger partial charge in [-0.2, -0.15) is 5.10 Å². The maximum absolute atomic E-state index is 10.2. The summed E-state index contributed by atoms with van der Waals surface area (Å²) in [7, 11) is 0. The summed E-state index contributed by atoms with van der Waals surface area (Å²) < 4.78 is 2.58. The maximum Gasteiger partial charge on any atom is 0.170 e. The van der Waals surface area contributed by atoms with Gasteiger partial charge in [-0.25, -0.2) is 4.45 Å². The molecular weight excluding hydrogens is 330 g/mol. The lowest BCUT2D eigenvalue weighted by Gasteiger charge is -1.91. The molecule has 1 unspecified atom stereocenters. The highest BCUT2D eigenvalue weighted by Crippen LogP contribution is 2.27. The molecule has 1 aromatic heterocycles. The molecule has 1 heterocycles. The lowest BCUT2D eigenvalue weighted by molar-refractivity contribution is 0.111. The second-order valence-corrected chi connectivity index (χ2v) is 4.36. The zero-order valence-corrected chi connectivity index (χ0v) is 9.46.